The summed E-state index contributed by atoms with van der Waals surface area (Å²) in [4.78, 5) is 21.2. The molecule has 0 aromatic carbocycles. The fourth-order valence-electron chi connectivity index (χ4n) is 2.53. The van der Waals surface area contributed by atoms with Gasteiger partial charge in [0.15, 0.2) is 0 Å². The van der Waals surface area contributed by atoms with Crippen molar-refractivity contribution in [1.29, 1.82) is 0 Å². The quantitative estimate of drug-likeness (QED) is 0.505. The van der Waals surface area contributed by atoms with E-state index in [9.17, 15) is 10.1 Å². The van der Waals surface area contributed by atoms with Gasteiger partial charge in [0.05, 0.1) is 0 Å². The average molecular weight is 287 g/mol. The Morgan fingerprint density at radius 1 is 1.62 bits per heavy atom. The monoisotopic (exact) mass is 287 g/mol. The van der Waals surface area contributed by atoms with Crippen LogP contribution in [0.5, 0.6) is 0 Å². The number of anilines is 2. The Bertz CT molecular complexity index is 729. The molecule has 1 atom stereocenters. The summed E-state index contributed by atoms with van der Waals surface area (Å²) in [5, 5.41) is 14.9. The molecule has 1 aliphatic heterocycles. The maximum atomic E-state index is 11.0. The summed E-state index contributed by atoms with van der Waals surface area (Å²) < 4.78 is 1.28. The van der Waals surface area contributed by atoms with Crippen LogP contribution in [-0.2, 0) is 0 Å². The number of rotatable bonds is 3. The van der Waals surface area contributed by atoms with Crippen LogP contribution in [-0.4, -0.2) is 45.7 Å². The summed E-state index contributed by atoms with van der Waals surface area (Å²) in [6.45, 7) is 3.42. The summed E-state index contributed by atoms with van der Waals surface area (Å²) in [5.74, 6) is 0.947. The number of fused-ring (bicyclic) bond motifs is 1. The van der Waals surface area contributed by atoms with Gasteiger partial charge in [-0.2, -0.15) is 0 Å². The third-order valence-corrected chi connectivity index (χ3v) is 3.51. The second-order valence-electron chi connectivity index (χ2n) is 4.86. The van der Waals surface area contributed by atoms with Crippen LogP contribution in [0.3, 0.4) is 0 Å². The number of nitrogens with zero attached hydrogens (tertiary/aromatic N) is 6. The Hall–Kier alpha value is -2.52. The number of nitrogens with two attached hydrogens (primary N) is 1. The number of hydrogen-bond acceptors (Lipinski definition) is 7. The van der Waals surface area contributed by atoms with E-state index in [2.05, 4.69) is 15.0 Å². The summed E-state index contributed by atoms with van der Waals surface area (Å²) in [6, 6.07) is 1.91. The molecule has 1 aliphatic rings. The molecule has 3 heterocycles. The van der Waals surface area contributed by atoms with Crippen LogP contribution in [0, 0.1) is 10.1 Å². The van der Waals surface area contributed by atoms with Crippen LogP contribution in [0.15, 0.2) is 17.2 Å². The van der Waals surface area contributed by atoms with Crippen LogP contribution < -0.4 is 10.6 Å². The first-order valence-electron chi connectivity index (χ1n) is 6.61. The topological polar surface area (TPSA) is 115 Å². The van der Waals surface area contributed by atoms with Crippen molar-refractivity contribution in [1.82, 2.24) is 14.6 Å². The van der Waals surface area contributed by atoms with Crippen molar-refractivity contribution in [2.24, 2.45) is 4.90 Å². The third-order valence-electron chi connectivity index (χ3n) is 3.51. The molecule has 0 bridgehead atoms. The fraction of sp³-hybridized carbons (Fsp3) is 0.455. The number of nitrogen functional groups attached to an aromatic ring is 1. The van der Waals surface area contributed by atoms with Gasteiger partial charge in [0.1, 0.15) is 0 Å². The van der Waals surface area contributed by atoms with Gasteiger partial charge < -0.3 is 0 Å². The van der Waals surface area contributed by atoms with E-state index in [1.165, 1.54) is 4.52 Å². The molecule has 3 rings (SSSR count). The second kappa shape index (κ2) is 5.11. The van der Waals surface area contributed by atoms with Gasteiger partial charge in [-0.05, 0) is 0 Å². The first-order valence-corrected chi connectivity index (χ1v) is 6.61. The number of nitro groups is 1. The molecule has 0 unspecified atom stereocenters. The van der Waals surface area contributed by atoms with E-state index in [-0.39, 0.29) is 17.4 Å². The summed E-state index contributed by atoms with van der Waals surface area (Å²) in [7, 11) is 1.79. The van der Waals surface area contributed by atoms with Crippen molar-refractivity contribution >= 4 is 30.0 Å². The van der Waals surface area contributed by atoms with E-state index < -0.39 is 4.92 Å². The average Bonchev–Trinajstić information content (AvgIpc) is 3.05. The van der Waals surface area contributed by atoms with Gasteiger partial charge in [-0.25, -0.2) is 0 Å². The van der Waals surface area contributed by atoms with Crippen LogP contribution in [0.2, 0.25) is 6.82 Å². The molecule has 0 aliphatic carbocycles. The molecule has 0 saturated carbocycles. The third kappa shape index (κ3) is 2.32. The molecule has 9 nitrogen and oxygen atoms in total. The minimum absolute atomic E-state index is 0.147. The van der Waals surface area contributed by atoms with E-state index in [0.29, 0.717) is 11.6 Å². The van der Waals surface area contributed by atoms with Crippen molar-refractivity contribution in [3.05, 3.63) is 22.4 Å². The molecule has 1 fully saturated rings. The number of hydrogen-bond donors (Lipinski definition) is 1. The SMILES string of the molecule is CB=N[C@H]1CCN(c2cc(N)n3ncc([N+](=O)[O-])c3n2)C1. The Balaban J connectivity index is 2.00. The Morgan fingerprint density at radius 2 is 2.43 bits per heavy atom. The zero-order valence-corrected chi connectivity index (χ0v) is 11.5. The Labute approximate surface area is 120 Å². The normalized spacial score (nSPS) is 18.5. The predicted molar refractivity (Wildman–Crippen MR) is 78.7 cm³/mol. The fourth-order valence-corrected chi connectivity index (χ4v) is 2.53. The van der Waals surface area contributed by atoms with E-state index in [1.807, 2.05) is 11.7 Å². The maximum absolute atomic E-state index is 11.0. The molecule has 0 spiro atoms. The summed E-state index contributed by atoms with van der Waals surface area (Å²) >= 11 is 0. The first kappa shape index (κ1) is 13.5. The van der Waals surface area contributed by atoms with Gasteiger partial charge >= 0.3 is 120 Å². The minimum atomic E-state index is -0.507. The molecule has 108 valence electrons. The zero-order chi connectivity index (χ0) is 15.0. The first-order chi connectivity index (χ1) is 10.1. The van der Waals surface area contributed by atoms with Crippen LogP contribution in [0.25, 0.3) is 5.65 Å². The van der Waals surface area contributed by atoms with Crippen LogP contribution in [0.1, 0.15) is 6.42 Å². The molecule has 10 heteroatoms. The van der Waals surface area contributed by atoms with Crippen molar-refractivity contribution in [2.45, 2.75) is 19.3 Å². The van der Waals surface area contributed by atoms with Crippen molar-refractivity contribution in [3.8, 4) is 0 Å². The molecule has 0 radical (unpaired) electrons. The van der Waals surface area contributed by atoms with Crippen molar-refractivity contribution in [3.63, 3.8) is 0 Å². The van der Waals surface area contributed by atoms with Gasteiger partial charge in [0.25, 0.3) is 0 Å². The van der Waals surface area contributed by atoms with Crippen LogP contribution in [0.4, 0.5) is 17.3 Å². The van der Waals surface area contributed by atoms with Crippen LogP contribution >= 0.6 is 0 Å². The van der Waals surface area contributed by atoms with Crippen molar-refractivity contribution in [2.75, 3.05) is 23.7 Å². The van der Waals surface area contributed by atoms with Gasteiger partial charge in [0.2, 0.25) is 0 Å². The molecule has 2 aromatic heterocycles. The standard InChI is InChI=1S/C11H14BN7O2/c1-12-16-7-2-3-17(6-7)10-4-9(13)18-11(15-10)8(5-14-18)19(20)21/h4-5,7H,2-3,6,13H2,1H3/t7-/m0/s1. The van der Waals surface area contributed by atoms with Gasteiger partial charge in [0, 0.05) is 0 Å². The molecule has 2 aromatic rings. The molecule has 2 N–H and O–H groups in total. The Morgan fingerprint density at radius 3 is 3.14 bits per heavy atom. The summed E-state index contributed by atoms with van der Waals surface area (Å²) in [6.07, 6.45) is 2.09. The number of aromatic nitrogens is 3. The van der Waals surface area contributed by atoms with E-state index in [4.69, 9.17) is 5.73 Å². The van der Waals surface area contributed by atoms with Crippen molar-refractivity contribution < 1.29 is 4.92 Å². The van der Waals surface area contributed by atoms with Gasteiger partial charge in [-0.3, -0.25) is 0 Å². The zero-order valence-electron chi connectivity index (χ0n) is 11.5. The summed E-state index contributed by atoms with van der Waals surface area (Å²) in [5.41, 5.74) is 5.93. The molecule has 0 amide bonds. The second-order valence-corrected chi connectivity index (χ2v) is 4.86. The Kier molecular flexibility index (Phi) is 3.28. The molecular formula is C11H14BN7O2. The van der Waals surface area contributed by atoms with Gasteiger partial charge in [-0.15, -0.1) is 0 Å². The predicted octanol–water partition coefficient (Wildman–Crippen LogP) is 0.734. The van der Waals surface area contributed by atoms with Gasteiger partial charge in [-0.1, -0.05) is 0 Å². The van der Waals surface area contributed by atoms with E-state index in [1.54, 1.807) is 13.1 Å². The molecule has 1 saturated heterocycles. The van der Waals surface area contributed by atoms with E-state index >= 15 is 0 Å². The molecule has 21 heavy (non-hydrogen) atoms. The molecular weight excluding hydrogens is 273 g/mol. The van der Waals surface area contributed by atoms with E-state index in [0.717, 1.165) is 25.7 Å².